The van der Waals surface area contributed by atoms with Crippen molar-refractivity contribution in [1.82, 2.24) is 0 Å². The number of hydrogen-bond donors (Lipinski definition) is 1. The van der Waals surface area contributed by atoms with Crippen molar-refractivity contribution in [2.45, 2.75) is 84.9 Å². The molecule has 5 rings (SSSR count). The molecule has 3 saturated carbocycles. The largest absolute Gasteiger partial charge is 0.462 e. The van der Waals surface area contributed by atoms with Crippen molar-refractivity contribution in [1.29, 1.82) is 0 Å². The second kappa shape index (κ2) is 5.72. The summed E-state index contributed by atoms with van der Waals surface area (Å²) in [5.41, 5.74) is -0.589. The van der Waals surface area contributed by atoms with E-state index < -0.39 is 24.1 Å². The van der Waals surface area contributed by atoms with Crippen LogP contribution in [-0.2, 0) is 23.8 Å². The van der Waals surface area contributed by atoms with E-state index >= 15 is 0 Å². The van der Waals surface area contributed by atoms with E-state index in [1.54, 1.807) is 0 Å². The summed E-state index contributed by atoms with van der Waals surface area (Å²) >= 11 is 0. The van der Waals surface area contributed by atoms with Gasteiger partial charge in [0.25, 0.3) is 0 Å². The van der Waals surface area contributed by atoms with Gasteiger partial charge in [0.2, 0.25) is 6.29 Å². The zero-order valence-corrected chi connectivity index (χ0v) is 17.3. The van der Waals surface area contributed by atoms with Crippen LogP contribution in [0.4, 0.5) is 0 Å². The molecule has 2 saturated heterocycles. The van der Waals surface area contributed by atoms with Gasteiger partial charge >= 0.3 is 11.9 Å². The third-order valence-corrected chi connectivity index (χ3v) is 9.29. The van der Waals surface area contributed by atoms with Crippen molar-refractivity contribution in [3.05, 3.63) is 0 Å². The van der Waals surface area contributed by atoms with E-state index in [-0.39, 0.29) is 40.5 Å². The summed E-state index contributed by atoms with van der Waals surface area (Å²) in [5, 5.41) is 11.2. The van der Waals surface area contributed by atoms with Crippen LogP contribution in [0.3, 0.4) is 0 Å². The van der Waals surface area contributed by atoms with Crippen molar-refractivity contribution in [3.63, 3.8) is 0 Å². The predicted octanol–water partition coefficient (Wildman–Crippen LogP) is 3.01. The van der Waals surface area contributed by atoms with Crippen molar-refractivity contribution in [2.24, 2.45) is 39.9 Å². The lowest BCUT2D eigenvalue weighted by Crippen LogP contribution is -2.68. The van der Waals surface area contributed by atoms with Gasteiger partial charge in [-0.1, -0.05) is 27.2 Å². The second-order valence-corrected chi connectivity index (χ2v) is 10.8. The number of carbonyl (C=O) groups excluding carboxylic acids is 2. The van der Waals surface area contributed by atoms with E-state index in [2.05, 4.69) is 20.8 Å². The SMILES string of the molecule is CC(=O)O[C@@H]1C[C@H]2C(C)(C)CCC[C@]2(C)[C@H]2CC[C@H]3C(=O)OC4O[C@@H](O)C12[C@H]43. The molecule has 3 aliphatic carbocycles. The van der Waals surface area contributed by atoms with E-state index in [4.69, 9.17) is 14.2 Å². The molecule has 0 bridgehead atoms. The van der Waals surface area contributed by atoms with Crippen molar-refractivity contribution >= 4 is 11.9 Å². The molecule has 0 radical (unpaired) electrons. The number of fused-ring (bicyclic) bond motifs is 2. The van der Waals surface area contributed by atoms with Crippen molar-refractivity contribution in [3.8, 4) is 0 Å². The van der Waals surface area contributed by atoms with E-state index in [0.717, 1.165) is 32.1 Å². The standard InChI is InChI=1S/C22H32O6/c1-11(23)26-15-10-14-20(2,3)8-5-9-21(14,4)13-7-6-12-16-18(27-17(12)24)28-19(25)22(13,15)16/h12-16,18-19,25H,5-10H2,1-4H3/t12-,13-,14+,15-,16+,18?,19-,21-,22?/m1/s1. The zero-order chi connectivity index (χ0) is 20.1. The molecule has 2 heterocycles. The number of hydrogen-bond acceptors (Lipinski definition) is 6. The molecule has 0 aromatic carbocycles. The first-order chi connectivity index (χ1) is 13.1. The average Bonchev–Trinajstić information content (AvgIpc) is 3.06. The van der Waals surface area contributed by atoms with Crippen molar-refractivity contribution in [2.75, 3.05) is 0 Å². The molecule has 1 N–H and O–H groups in total. The molecule has 156 valence electrons. The lowest BCUT2D eigenvalue weighted by Gasteiger charge is -2.67. The Bertz CT molecular complexity index is 718. The van der Waals surface area contributed by atoms with Crippen molar-refractivity contribution < 1.29 is 28.9 Å². The van der Waals surface area contributed by atoms with Gasteiger partial charge in [0, 0.05) is 12.8 Å². The van der Waals surface area contributed by atoms with Gasteiger partial charge in [0.15, 0.2) is 6.29 Å². The number of aliphatic hydroxyl groups is 1. The topological polar surface area (TPSA) is 82.1 Å². The molecule has 9 atom stereocenters. The Balaban J connectivity index is 1.68. The monoisotopic (exact) mass is 392 g/mol. The summed E-state index contributed by atoms with van der Waals surface area (Å²) in [5.74, 6) is -0.530. The Morgan fingerprint density at radius 1 is 1.18 bits per heavy atom. The van der Waals surface area contributed by atoms with Gasteiger partial charge < -0.3 is 19.3 Å². The van der Waals surface area contributed by atoms with Gasteiger partial charge in [-0.2, -0.15) is 0 Å². The molecule has 0 aromatic rings. The number of rotatable bonds is 1. The summed E-state index contributed by atoms with van der Waals surface area (Å²) in [4.78, 5) is 24.6. The normalized spacial score (nSPS) is 53.6. The first kappa shape index (κ1) is 18.9. The smallest absolute Gasteiger partial charge is 0.311 e. The molecule has 5 aliphatic rings. The maximum absolute atomic E-state index is 12.5. The molecular formula is C22H32O6. The predicted molar refractivity (Wildman–Crippen MR) is 98.5 cm³/mol. The van der Waals surface area contributed by atoms with E-state index in [1.165, 1.54) is 6.92 Å². The summed E-state index contributed by atoms with van der Waals surface area (Å²) < 4.78 is 17.3. The fourth-order valence-electron chi connectivity index (χ4n) is 8.45. The molecule has 1 spiro atoms. The second-order valence-electron chi connectivity index (χ2n) is 10.8. The van der Waals surface area contributed by atoms with Crippen LogP contribution < -0.4 is 0 Å². The molecule has 6 nitrogen and oxygen atoms in total. The highest BCUT2D eigenvalue weighted by Crippen LogP contribution is 2.73. The number of esters is 2. The summed E-state index contributed by atoms with van der Waals surface area (Å²) in [7, 11) is 0. The molecule has 6 heteroatoms. The minimum Gasteiger partial charge on any atom is -0.462 e. The molecule has 5 fully saturated rings. The van der Waals surface area contributed by atoms with Gasteiger partial charge in [0.1, 0.15) is 6.10 Å². The summed E-state index contributed by atoms with van der Waals surface area (Å²) in [6.07, 6.45) is 3.49. The highest BCUT2D eigenvalue weighted by Gasteiger charge is 2.78. The molecule has 0 aromatic heterocycles. The quantitative estimate of drug-likeness (QED) is 0.691. The molecule has 28 heavy (non-hydrogen) atoms. The van der Waals surface area contributed by atoms with Crippen LogP contribution in [0.5, 0.6) is 0 Å². The Labute approximate surface area is 166 Å². The van der Waals surface area contributed by atoms with Gasteiger partial charge in [-0.3, -0.25) is 9.59 Å². The fourth-order valence-corrected chi connectivity index (χ4v) is 8.45. The van der Waals surface area contributed by atoms with Crippen LogP contribution in [0, 0.1) is 39.9 Å². The highest BCUT2D eigenvalue weighted by atomic mass is 16.8. The Morgan fingerprint density at radius 3 is 2.64 bits per heavy atom. The van der Waals surface area contributed by atoms with Crippen LogP contribution in [0.25, 0.3) is 0 Å². The third-order valence-electron chi connectivity index (χ3n) is 9.29. The van der Waals surface area contributed by atoms with Gasteiger partial charge in [0.05, 0.1) is 11.3 Å². The lowest BCUT2D eigenvalue weighted by molar-refractivity contribution is -0.278. The number of aliphatic hydroxyl groups excluding tert-OH is 1. The summed E-state index contributed by atoms with van der Waals surface area (Å²) in [6.45, 7) is 8.46. The maximum Gasteiger partial charge on any atom is 0.311 e. The highest BCUT2D eigenvalue weighted by molar-refractivity contribution is 5.76. The minimum atomic E-state index is -1.07. The first-order valence-electron chi connectivity index (χ1n) is 10.8. The van der Waals surface area contributed by atoms with Crippen LogP contribution >= 0.6 is 0 Å². The van der Waals surface area contributed by atoms with Gasteiger partial charge in [-0.05, 0) is 54.8 Å². The average molecular weight is 392 g/mol. The molecule has 2 aliphatic heterocycles. The summed E-state index contributed by atoms with van der Waals surface area (Å²) in [6, 6.07) is 0. The molecular weight excluding hydrogens is 360 g/mol. The minimum absolute atomic E-state index is 0.0221. The van der Waals surface area contributed by atoms with Gasteiger partial charge in [-0.15, -0.1) is 0 Å². The lowest BCUT2D eigenvalue weighted by atomic mass is 9.37. The van der Waals surface area contributed by atoms with Crippen LogP contribution in [0.1, 0.15) is 66.2 Å². The Kier molecular flexibility index (Phi) is 3.85. The Morgan fingerprint density at radius 2 is 1.93 bits per heavy atom. The Hall–Kier alpha value is -1.14. The van der Waals surface area contributed by atoms with Gasteiger partial charge in [-0.25, -0.2) is 0 Å². The fraction of sp³-hybridized carbons (Fsp3) is 0.909. The maximum atomic E-state index is 12.5. The molecule has 2 unspecified atom stereocenters. The zero-order valence-electron chi connectivity index (χ0n) is 17.3. The van der Waals surface area contributed by atoms with E-state index in [0.29, 0.717) is 12.3 Å². The van der Waals surface area contributed by atoms with E-state index in [9.17, 15) is 14.7 Å². The van der Waals surface area contributed by atoms with E-state index in [1.807, 2.05) is 0 Å². The van der Waals surface area contributed by atoms with Crippen LogP contribution in [-0.4, -0.2) is 35.7 Å². The number of ether oxygens (including phenoxy) is 3. The first-order valence-corrected chi connectivity index (χ1v) is 10.8. The third kappa shape index (κ3) is 2.11. The molecule has 0 amide bonds. The van der Waals surface area contributed by atoms with Crippen LogP contribution in [0.2, 0.25) is 0 Å². The number of carbonyl (C=O) groups is 2. The van der Waals surface area contributed by atoms with Crippen LogP contribution in [0.15, 0.2) is 0 Å².